The molecule has 2 aromatic carbocycles. The van der Waals surface area contributed by atoms with Gasteiger partial charge in [0.1, 0.15) is 11.5 Å². The minimum atomic E-state index is -0.136. The Balaban J connectivity index is 0.00000208. The Kier molecular flexibility index (Phi) is 6.34. The molecule has 0 aliphatic rings. The summed E-state index contributed by atoms with van der Waals surface area (Å²) in [5.41, 5.74) is 1.55. The number of halogens is 1. The number of hydrogen-bond donors (Lipinski definition) is 1. The predicted molar refractivity (Wildman–Crippen MR) is 95.6 cm³/mol. The van der Waals surface area contributed by atoms with Gasteiger partial charge in [0.05, 0.1) is 5.56 Å². The first-order valence-electron chi connectivity index (χ1n) is 7.31. The van der Waals surface area contributed by atoms with Gasteiger partial charge in [0.2, 0.25) is 0 Å². The largest absolute Gasteiger partial charge is 0.457 e. The molecule has 0 unspecified atom stereocenters. The Bertz CT molecular complexity index is 762. The summed E-state index contributed by atoms with van der Waals surface area (Å²) in [6.07, 6.45) is 3.19. The second-order valence-electron chi connectivity index (χ2n) is 4.98. The van der Waals surface area contributed by atoms with E-state index in [9.17, 15) is 4.79 Å². The molecule has 0 aliphatic heterocycles. The maximum absolute atomic E-state index is 12.0. The van der Waals surface area contributed by atoms with Crippen LogP contribution in [0.1, 0.15) is 15.9 Å². The minimum Gasteiger partial charge on any atom is -0.457 e. The summed E-state index contributed by atoms with van der Waals surface area (Å²) in [5.74, 6) is 1.42. The third-order valence-corrected chi connectivity index (χ3v) is 3.28. The van der Waals surface area contributed by atoms with Crippen molar-refractivity contribution in [2.24, 2.45) is 0 Å². The third kappa shape index (κ3) is 4.83. The van der Waals surface area contributed by atoms with Crippen LogP contribution in [0.15, 0.2) is 79.1 Å². The first-order chi connectivity index (χ1) is 11.3. The van der Waals surface area contributed by atoms with E-state index in [2.05, 4.69) is 10.3 Å². The lowest BCUT2D eigenvalue weighted by atomic mass is 10.2. The molecular weight excluding hydrogens is 324 g/mol. The fourth-order valence-corrected chi connectivity index (χ4v) is 2.08. The van der Waals surface area contributed by atoms with Crippen molar-refractivity contribution in [3.8, 4) is 11.5 Å². The van der Waals surface area contributed by atoms with E-state index < -0.39 is 0 Å². The third-order valence-electron chi connectivity index (χ3n) is 3.28. The normalized spacial score (nSPS) is 9.67. The summed E-state index contributed by atoms with van der Waals surface area (Å²) in [5, 5.41) is 2.86. The van der Waals surface area contributed by atoms with E-state index in [-0.39, 0.29) is 18.3 Å². The van der Waals surface area contributed by atoms with Crippen LogP contribution in [0, 0.1) is 0 Å². The van der Waals surface area contributed by atoms with E-state index in [1.807, 2.05) is 54.6 Å². The van der Waals surface area contributed by atoms with Crippen LogP contribution in [0.25, 0.3) is 0 Å². The Hall–Kier alpha value is -2.85. The lowest BCUT2D eigenvalue weighted by Crippen LogP contribution is -2.22. The molecule has 4 nitrogen and oxygen atoms in total. The quantitative estimate of drug-likeness (QED) is 0.756. The Morgan fingerprint density at radius 1 is 0.917 bits per heavy atom. The fourth-order valence-electron chi connectivity index (χ4n) is 2.08. The van der Waals surface area contributed by atoms with Gasteiger partial charge in [-0.15, -0.1) is 12.4 Å². The van der Waals surface area contributed by atoms with Crippen LogP contribution in [0.3, 0.4) is 0 Å². The Labute approximate surface area is 146 Å². The van der Waals surface area contributed by atoms with Gasteiger partial charge in [-0.2, -0.15) is 0 Å². The van der Waals surface area contributed by atoms with Crippen molar-refractivity contribution in [3.05, 3.63) is 90.3 Å². The number of carbonyl (C=O) groups excluding carboxylic acids is 1. The zero-order chi connectivity index (χ0) is 15.9. The minimum absolute atomic E-state index is 0. The fraction of sp³-hybridized carbons (Fsp3) is 0.0526. The van der Waals surface area contributed by atoms with Gasteiger partial charge in [-0.25, -0.2) is 0 Å². The molecule has 1 N–H and O–H groups in total. The van der Waals surface area contributed by atoms with Gasteiger partial charge in [-0.05, 0) is 42.0 Å². The van der Waals surface area contributed by atoms with Crippen molar-refractivity contribution >= 4 is 18.3 Å². The number of pyridine rings is 1. The SMILES string of the molecule is Cl.O=C(NCc1ccc(Oc2ccccc2)cc1)c1cccnc1. The molecule has 1 amide bonds. The molecule has 0 saturated carbocycles. The summed E-state index contributed by atoms with van der Waals surface area (Å²) in [6, 6.07) is 20.7. The molecule has 0 radical (unpaired) electrons. The predicted octanol–water partition coefficient (Wildman–Crippen LogP) is 4.23. The zero-order valence-electron chi connectivity index (χ0n) is 12.9. The van der Waals surface area contributed by atoms with Crippen molar-refractivity contribution < 1.29 is 9.53 Å². The number of aromatic nitrogens is 1. The molecule has 24 heavy (non-hydrogen) atoms. The molecule has 0 atom stereocenters. The Morgan fingerprint density at radius 3 is 2.29 bits per heavy atom. The van der Waals surface area contributed by atoms with Gasteiger partial charge in [-0.3, -0.25) is 9.78 Å². The van der Waals surface area contributed by atoms with Crippen molar-refractivity contribution in [1.29, 1.82) is 0 Å². The van der Waals surface area contributed by atoms with Crippen molar-refractivity contribution in [2.75, 3.05) is 0 Å². The number of benzene rings is 2. The average Bonchev–Trinajstić information content (AvgIpc) is 2.62. The van der Waals surface area contributed by atoms with E-state index >= 15 is 0 Å². The highest BCUT2D eigenvalue weighted by atomic mass is 35.5. The first-order valence-corrected chi connectivity index (χ1v) is 7.31. The van der Waals surface area contributed by atoms with E-state index in [0.717, 1.165) is 17.1 Å². The number of nitrogens with zero attached hydrogens (tertiary/aromatic N) is 1. The van der Waals surface area contributed by atoms with Crippen LogP contribution < -0.4 is 10.1 Å². The molecule has 0 bridgehead atoms. The van der Waals surface area contributed by atoms with Gasteiger partial charge in [0.15, 0.2) is 0 Å². The number of hydrogen-bond acceptors (Lipinski definition) is 3. The van der Waals surface area contributed by atoms with E-state index in [0.29, 0.717) is 12.1 Å². The second-order valence-corrected chi connectivity index (χ2v) is 4.98. The van der Waals surface area contributed by atoms with Crippen molar-refractivity contribution in [2.45, 2.75) is 6.54 Å². The molecule has 1 aromatic heterocycles. The van der Waals surface area contributed by atoms with Gasteiger partial charge >= 0.3 is 0 Å². The maximum atomic E-state index is 12.0. The maximum Gasteiger partial charge on any atom is 0.253 e. The van der Waals surface area contributed by atoms with E-state index in [4.69, 9.17) is 4.74 Å². The van der Waals surface area contributed by atoms with Crippen LogP contribution in [0.2, 0.25) is 0 Å². The highest BCUT2D eigenvalue weighted by molar-refractivity contribution is 5.93. The van der Waals surface area contributed by atoms with Crippen LogP contribution in [-0.4, -0.2) is 10.9 Å². The summed E-state index contributed by atoms with van der Waals surface area (Å²) in [4.78, 5) is 15.9. The van der Waals surface area contributed by atoms with E-state index in [1.54, 1.807) is 24.5 Å². The molecule has 3 rings (SSSR count). The van der Waals surface area contributed by atoms with Crippen molar-refractivity contribution in [3.63, 3.8) is 0 Å². The highest BCUT2D eigenvalue weighted by Gasteiger charge is 2.04. The highest BCUT2D eigenvalue weighted by Crippen LogP contribution is 2.21. The van der Waals surface area contributed by atoms with Gasteiger partial charge in [0.25, 0.3) is 5.91 Å². The van der Waals surface area contributed by atoms with Crippen molar-refractivity contribution in [1.82, 2.24) is 10.3 Å². The smallest absolute Gasteiger partial charge is 0.253 e. The standard InChI is InChI=1S/C19H16N2O2.ClH/c22-19(16-5-4-12-20-14-16)21-13-15-8-10-18(11-9-15)23-17-6-2-1-3-7-17;/h1-12,14H,13H2,(H,21,22);1H. The number of nitrogens with one attached hydrogen (secondary N) is 1. The topological polar surface area (TPSA) is 51.2 Å². The average molecular weight is 341 g/mol. The van der Waals surface area contributed by atoms with Gasteiger partial charge in [-0.1, -0.05) is 30.3 Å². The first kappa shape index (κ1) is 17.5. The molecular formula is C19H17ClN2O2. The molecule has 0 spiro atoms. The lowest BCUT2D eigenvalue weighted by molar-refractivity contribution is 0.0950. The molecule has 5 heteroatoms. The Morgan fingerprint density at radius 2 is 1.62 bits per heavy atom. The molecule has 122 valence electrons. The molecule has 3 aromatic rings. The summed E-state index contributed by atoms with van der Waals surface area (Å²) >= 11 is 0. The summed E-state index contributed by atoms with van der Waals surface area (Å²) in [6.45, 7) is 0.458. The number of rotatable bonds is 5. The number of amides is 1. The van der Waals surface area contributed by atoms with Crippen LogP contribution >= 0.6 is 12.4 Å². The summed E-state index contributed by atoms with van der Waals surface area (Å²) in [7, 11) is 0. The van der Waals surface area contributed by atoms with Crippen LogP contribution in [0.5, 0.6) is 11.5 Å². The molecule has 1 heterocycles. The molecule has 0 fully saturated rings. The summed E-state index contributed by atoms with van der Waals surface area (Å²) < 4.78 is 5.73. The number of ether oxygens (including phenoxy) is 1. The number of para-hydroxylation sites is 1. The lowest BCUT2D eigenvalue weighted by Gasteiger charge is -2.08. The van der Waals surface area contributed by atoms with Gasteiger partial charge < -0.3 is 10.1 Å². The monoisotopic (exact) mass is 340 g/mol. The molecule has 0 saturated heterocycles. The van der Waals surface area contributed by atoms with E-state index in [1.165, 1.54) is 0 Å². The van der Waals surface area contributed by atoms with Gasteiger partial charge in [0, 0.05) is 18.9 Å². The number of carbonyl (C=O) groups is 1. The second kappa shape index (κ2) is 8.70. The van der Waals surface area contributed by atoms with Crippen LogP contribution in [-0.2, 0) is 6.54 Å². The van der Waals surface area contributed by atoms with Crippen LogP contribution in [0.4, 0.5) is 0 Å². The molecule has 0 aliphatic carbocycles. The zero-order valence-corrected chi connectivity index (χ0v) is 13.7.